The molecule has 0 atom stereocenters. The van der Waals surface area contributed by atoms with E-state index < -0.39 is 0 Å². The smallest absolute Gasteiger partial charge is 0.0643 e. The Morgan fingerprint density at radius 1 is 1.00 bits per heavy atom. The Balaban J connectivity index is 1.99. The molecule has 0 saturated heterocycles. The zero-order valence-electron chi connectivity index (χ0n) is 10.7. The van der Waals surface area contributed by atoms with Crippen molar-refractivity contribution < 1.29 is 5.21 Å². The Bertz CT molecular complexity index is 560. The van der Waals surface area contributed by atoms with Gasteiger partial charge in [0.1, 0.15) is 0 Å². The molecule has 19 heavy (non-hydrogen) atoms. The molecule has 0 unspecified atom stereocenters. The van der Waals surface area contributed by atoms with Crippen molar-refractivity contribution in [3.63, 3.8) is 0 Å². The average Bonchev–Trinajstić information content (AvgIpc) is 2.48. The minimum atomic E-state index is 0.440. The van der Waals surface area contributed by atoms with Crippen molar-refractivity contribution in [1.82, 2.24) is 0 Å². The van der Waals surface area contributed by atoms with Crippen molar-refractivity contribution in [1.29, 1.82) is 0 Å². The second-order valence-electron chi connectivity index (χ2n) is 4.19. The number of anilines is 1. The molecular formula is C17H17NO. The van der Waals surface area contributed by atoms with Gasteiger partial charge in [-0.1, -0.05) is 67.3 Å². The van der Waals surface area contributed by atoms with Crippen molar-refractivity contribution >= 4 is 17.8 Å². The first-order chi connectivity index (χ1) is 9.29. The lowest BCUT2D eigenvalue weighted by molar-refractivity contribution is 0.266. The van der Waals surface area contributed by atoms with Gasteiger partial charge < -0.3 is 0 Å². The second kappa shape index (κ2) is 6.57. The van der Waals surface area contributed by atoms with Gasteiger partial charge in [-0.05, 0) is 23.3 Å². The Morgan fingerprint density at radius 3 is 2.47 bits per heavy atom. The van der Waals surface area contributed by atoms with E-state index in [-0.39, 0.29) is 0 Å². The van der Waals surface area contributed by atoms with E-state index in [1.807, 2.05) is 66.7 Å². The van der Waals surface area contributed by atoms with E-state index in [2.05, 4.69) is 6.58 Å². The molecule has 96 valence electrons. The molecule has 0 saturated carbocycles. The molecule has 2 aromatic carbocycles. The fourth-order valence-electron chi connectivity index (χ4n) is 1.77. The fraction of sp³-hybridized carbons (Fsp3) is 0.0588. The minimum absolute atomic E-state index is 0.440. The van der Waals surface area contributed by atoms with Crippen LogP contribution in [0.3, 0.4) is 0 Å². The Labute approximate surface area is 113 Å². The van der Waals surface area contributed by atoms with Crippen LogP contribution in [0.15, 0.2) is 67.3 Å². The lowest BCUT2D eigenvalue weighted by atomic mass is 10.2. The molecule has 0 aliphatic carbocycles. The Hall–Kier alpha value is -2.32. The van der Waals surface area contributed by atoms with Gasteiger partial charge in [0.05, 0.1) is 12.2 Å². The van der Waals surface area contributed by atoms with E-state index in [9.17, 15) is 5.21 Å². The van der Waals surface area contributed by atoms with Gasteiger partial charge in [-0.3, -0.25) is 10.3 Å². The number of benzene rings is 2. The maximum atomic E-state index is 9.97. The summed E-state index contributed by atoms with van der Waals surface area (Å²) in [6, 6.07) is 17.6. The summed E-state index contributed by atoms with van der Waals surface area (Å²) in [6.45, 7) is 4.16. The quantitative estimate of drug-likeness (QED) is 0.803. The summed E-state index contributed by atoms with van der Waals surface area (Å²) >= 11 is 0. The summed E-state index contributed by atoms with van der Waals surface area (Å²) in [6.07, 6.45) is 5.67. The highest BCUT2D eigenvalue weighted by Gasteiger charge is 2.00. The summed E-state index contributed by atoms with van der Waals surface area (Å²) in [4.78, 5) is 0. The predicted octanol–water partition coefficient (Wildman–Crippen LogP) is 4.24. The van der Waals surface area contributed by atoms with Crippen LogP contribution in [0.1, 0.15) is 11.1 Å². The second-order valence-corrected chi connectivity index (χ2v) is 4.19. The van der Waals surface area contributed by atoms with Crippen molar-refractivity contribution in [2.75, 3.05) is 11.6 Å². The number of nitrogens with zero attached hydrogens (tertiary/aromatic N) is 1. The monoisotopic (exact) mass is 251 g/mol. The van der Waals surface area contributed by atoms with E-state index in [1.165, 1.54) is 5.06 Å². The maximum Gasteiger partial charge on any atom is 0.0643 e. The third-order valence-corrected chi connectivity index (χ3v) is 2.79. The molecule has 0 bridgehead atoms. The first-order valence-electron chi connectivity index (χ1n) is 6.20. The van der Waals surface area contributed by atoms with Gasteiger partial charge in [-0.15, -0.1) is 0 Å². The third-order valence-electron chi connectivity index (χ3n) is 2.79. The molecule has 0 aromatic heterocycles. The zero-order chi connectivity index (χ0) is 13.5. The van der Waals surface area contributed by atoms with Crippen LogP contribution in [0.5, 0.6) is 0 Å². The van der Waals surface area contributed by atoms with E-state index in [4.69, 9.17) is 0 Å². The Kier molecular flexibility index (Phi) is 4.54. The number of hydrogen-bond acceptors (Lipinski definition) is 2. The molecule has 0 amide bonds. The van der Waals surface area contributed by atoms with Gasteiger partial charge in [0.15, 0.2) is 0 Å². The molecule has 2 aromatic rings. The molecule has 2 heteroatoms. The lowest BCUT2D eigenvalue weighted by Gasteiger charge is -2.15. The first-order valence-corrected chi connectivity index (χ1v) is 6.20. The molecule has 2 rings (SSSR count). The number of hydroxylamine groups is 1. The van der Waals surface area contributed by atoms with Crippen LogP contribution in [0, 0.1) is 0 Å². The predicted molar refractivity (Wildman–Crippen MR) is 81.1 cm³/mol. The van der Waals surface area contributed by atoms with E-state index in [0.717, 1.165) is 16.8 Å². The van der Waals surface area contributed by atoms with E-state index in [1.54, 1.807) is 6.08 Å². The van der Waals surface area contributed by atoms with Crippen molar-refractivity contribution in [2.45, 2.75) is 0 Å². The SMILES string of the molecule is C=Cc1cccc(N(O)CC=Cc2ccccc2)c1. The van der Waals surface area contributed by atoms with Gasteiger partial charge in [-0.25, -0.2) is 0 Å². The molecular weight excluding hydrogens is 234 g/mol. The van der Waals surface area contributed by atoms with Gasteiger partial charge in [0.2, 0.25) is 0 Å². The standard InChI is InChI=1S/C17H17NO/c1-2-15-10-6-12-17(14-15)18(19)13-7-11-16-8-4-3-5-9-16/h2-12,14,19H,1,13H2. The van der Waals surface area contributed by atoms with Gasteiger partial charge in [-0.2, -0.15) is 0 Å². The molecule has 0 spiro atoms. The van der Waals surface area contributed by atoms with Crippen LogP contribution in [0.2, 0.25) is 0 Å². The molecule has 0 radical (unpaired) electrons. The molecule has 0 aliphatic rings. The van der Waals surface area contributed by atoms with Crippen molar-refractivity contribution in [2.24, 2.45) is 0 Å². The maximum absolute atomic E-state index is 9.97. The summed E-state index contributed by atoms with van der Waals surface area (Å²) in [5, 5.41) is 11.2. The zero-order valence-corrected chi connectivity index (χ0v) is 10.7. The van der Waals surface area contributed by atoms with E-state index in [0.29, 0.717) is 6.54 Å². The minimum Gasteiger partial charge on any atom is -0.288 e. The summed E-state index contributed by atoms with van der Waals surface area (Å²) in [5.41, 5.74) is 2.87. The highest BCUT2D eigenvalue weighted by molar-refractivity contribution is 5.57. The largest absolute Gasteiger partial charge is 0.288 e. The molecule has 0 heterocycles. The Morgan fingerprint density at radius 2 is 1.74 bits per heavy atom. The average molecular weight is 251 g/mol. The summed E-state index contributed by atoms with van der Waals surface area (Å²) in [7, 11) is 0. The van der Waals surface area contributed by atoms with Crippen LogP contribution >= 0.6 is 0 Å². The van der Waals surface area contributed by atoms with Crippen LogP contribution in [0.25, 0.3) is 12.2 Å². The van der Waals surface area contributed by atoms with Gasteiger partial charge in [0.25, 0.3) is 0 Å². The van der Waals surface area contributed by atoms with Crippen LogP contribution in [-0.2, 0) is 0 Å². The topological polar surface area (TPSA) is 23.5 Å². The summed E-state index contributed by atoms with van der Waals surface area (Å²) in [5.74, 6) is 0. The molecule has 0 fully saturated rings. The number of rotatable bonds is 5. The number of hydrogen-bond donors (Lipinski definition) is 1. The van der Waals surface area contributed by atoms with Crippen molar-refractivity contribution in [3.8, 4) is 0 Å². The van der Waals surface area contributed by atoms with Crippen LogP contribution in [0.4, 0.5) is 5.69 Å². The van der Waals surface area contributed by atoms with Crippen LogP contribution < -0.4 is 5.06 Å². The molecule has 0 aliphatic heterocycles. The molecule has 2 nitrogen and oxygen atoms in total. The fourth-order valence-corrected chi connectivity index (χ4v) is 1.77. The lowest BCUT2D eigenvalue weighted by Crippen LogP contribution is -2.17. The third kappa shape index (κ3) is 3.83. The molecule has 1 N–H and O–H groups in total. The van der Waals surface area contributed by atoms with E-state index >= 15 is 0 Å². The first kappa shape index (κ1) is 13.1. The van der Waals surface area contributed by atoms with Crippen LogP contribution in [-0.4, -0.2) is 11.8 Å². The van der Waals surface area contributed by atoms with Gasteiger partial charge in [0, 0.05) is 0 Å². The highest BCUT2D eigenvalue weighted by Crippen LogP contribution is 2.15. The summed E-state index contributed by atoms with van der Waals surface area (Å²) < 4.78 is 0. The van der Waals surface area contributed by atoms with Gasteiger partial charge >= 0.3 is 0 Å². The van der Waals surface area contributed by atoms with Crippen molar-refractivity contribution in [3.05, 3.63) is 78.4 Å². The highest BCUT2D eigenvalue weighted by atomic mass is 16.5. The normalized spacial score (nSPS) is 10.6.